The van der Waals surface area contributed by atoms with Crippen molar-refractivity contribution in [3.05, 3.63) is 53.9 Å². The van der Waals surface area contributed by atoms with Crippen LogP contribution < -0.4 is 0 Å². The van der Waals surface area contributed by atoms with Gasteiger partial charge < -0.3 is 5.11 Å². The number of benzene rings is 1. The third kappa shape index (κ3) is 3.82. The Balaban J connectivity index is 2.20. The Labute approximate surface area is 122 Å². The number of alkyl halides is 3. The average Bonchev–Trinajstić information content (AvgIpc) is 2.53. The second-order valence-corrected chi connectivity index (χ2v) is 4.64. The van der Waals surface area contributed by atoms with E-state index >= 15 is 0 Å². The van der Waals surface area contributed by atoms with Crippen molar-refractivity contribution in [1.82, 2.24) is 4.98 Å². The molecule has 1 heterocycles. The van der Waals surface area contributed by atoms with Gasteiger partial charge in [-0.15, -0.1) is 0 Å². The Kier molecular flexibility index (Phi) is 4.20. The Bertz CT molecular complexity index is 611. The molecule has 0 aliphatic rings. The van der Waals surface area contributed by atoms with Gasteiger partial charge in [0.05, 0.1) is 6.10 Å². The van der Waals surface area contributed by atoms with E-state index in [0.29, 0.717) is 23.1 Å². The second-order valence-electron chi connectivity index (χ2n) is 4.64. The Hall–Kier alpha value is -1.88. The minimum atomic E-state index is -4.45. The van der Waals surface area contributed by atoms with Crippen LogP contribution in [-0.2, 0) is 6.18 Å². The second kappa shape index (κ2) is 6.26. The molecule has 0 amide bonds. The van der Waals surface area contributed by atoms with Crippen LogP contribution in [0.4, 0.5) is 13.2 Å². The van der Waals surface area contributed by atoms with Crippen molar-refractivity contribution in [3.8, 4) is 11.1 Å². The summed E-state index contributed by atoms with van der Waals surface area (Å²) in [6.45, 7) is 1.82. The van der Waals surface area contributed by atoms with Gasteiger partial charge in [0.15, 0.2) is 0 Å². The van der Waals surface area contributed by atoms with Crippen molar-refractivity contribution in [2.24, 2.45) is 0 Å². The highest BCUT2D eigenvalue weighted by molar-refractivity contribution is 5.62. The quantitative estimate of drug-likeness (QED) is 0.894. The summed E-state index contributed by atoms with van der Waals surface area (Å²) in [6, 6.07) is 9.05. The number of aliphatic hydroxyl groups excluding tert-OH is 1. The molecule has 0 aliphatic heterocycles. The van der Waals surface area contributed by atoms with Crippen molar-refractivity contribution < 1.29 is 19.6 Å². The molecule has 0 bridgehead atoms. The lowest BCUT2D eigenvalue weighted by Crippen LogP contribution is -2.07. The largest absolute Gasteiger partial charge is 0.433 e. The molecule has 2 nitrogen and oxygen atoms in total. The molecule has 0 radical (unpaired) electrons. The summed E-state index contributed by atoms with van der Waals surface area (Å²) >= 11 is 0. The molecule has 2 aromatic rings. The van der Waals surface area contributed by atoms with Crippen LogP contribution in [0.2, 0.25) is 0 Å². The minimum absolute atomic E-state index is 0.533. The fraction of sp³-hybridized carbons (Fsp3) is 0.312. The summed E-state index contributed by atoms with van der Waals surface area (Å²) in [6.07, 6.45) is -4.21. The van der Waals surface area contributed by atoms with Gasteiger partial charge in [0.2, 0.25) is 0 Å². The zero-order valence-electron chi connectivity index (χ0n) is 12.4. The smallest absolute Gasteiger partial charge is 0.388 e. The van der Waals surface area contributed by atoms with Gasteiger partial charge in [-0.2, -0.15) is 13.2 Å². The SMILES string of the molecule is [2H]C(CC)C(O)c1ccc(-c2ccc(C(F)(F)F)nc2)cc1. The van der Waals surface area contributed by atoms with Gasteiger partial charge in [-0.3, -0.25) is 4.98 Å². The minimum Gasteiger partial charge on any atom is -0.388 e. The highest BCUT2D eigenvalue weighted by Gasteiger charge is 2.32. The third-order valence-electron chi connectivity index (χ3n) is 3.10. The van der Waals surface area contributed by atoms with Gasteiger partial charge in [-0.05, 0) is 23.6 Å². The summed E-state index contributed by atoms with van der Waals surface area (Å²) in [5.41, 5.74) is 0.955. The summed E-state index contributed by atoms with van der Waals surface area (Å²) in [5.74, 6) is 0. The van der Waals surface area contributed by atoms with Crippen molar-refractivity contribution >= 4 is 0 Å². The Morgan fingerprint density at radius 3 is 2.24 bits per heavy atom. The first-order valence-electron chi connectivity index (χ1n) is 7.14. The standard InChI is InChI=1S/C16H16F3NO/c1-2-3-14(21)12-6-4-11(5-7-12)13-8-9-15(20-10-13)16(17,18)19/h4-10,14,21H,2-3H2,1H3/i3D. The highest BCUT2D eigenvalue weighted by Crippen LogP contribution is 2.29. The lowest BCUT2D eigenvalue weighted by atomic mass is 10.0. The van der Waals surface area contributed by atoms with Crippen LogP contribution in [0.15, 0.2) is 42.6 Å². The van der Waals surface area contributed by atoms with E-state index in [4.69, 9.17) is 1.37 Å². The van der Waals surface area contributed by atoms with Gasteiger partial charge in [0.1, 0.15) is 5.69 Å². The van der Waals surface area contributed by atoms with E-state index in [1.807, 2.05) is 6.92 Å². The predicted octanol–water partition coefficient (Wildman–Crippen LogP) is 4.60. The first-order chi connectivity index (χ1) is 10.3. The lowest BCUT2D eigenvalue weighted by molar-refractivity contribution is -0.141. The fourth-order valence-electron chi connectivity index (χ4n) is 1.96. The van der Waals surface area contributed by atoms with Gasteiger partial charge in [0, 0.05) is 13.1 Å². The molecule has 1 aromatic carbocycles. The van der Waals surface area contributed by atoms with Crippen molar-refractivity contribution in [1.29, 1.82) is 0 Å². The van der Waals surface area contributed by atoms with E-state index in [2.05, 4.69) is 4.98 Å². The van der Waals surface area contributed by atoms with E-state index in [1.165, 1.54) is 12.3 Å². The lowest BCUT2D eigenvalue weighted by Gasteiger charge is -2.11. The Morgan fingerprint density at radius 2 is 1.76 bits per heavy atom. The third-order valence-corrected chi connectivity index (χ3v) is 3.10. The van der Waals surface area contributed by atoms with Gasteiger partial charge >= 0.3 is 6.18 Å². The maximum atomic E-state index is 12.5. The van der Waals surface area contributed by atoms with Gasteiger partial charge in [-0.25, -0.2) is 0 Å². The van der Waals surface area contributed by atoms with E-state index < -0.39 is 24.4 Å². The van der Waals surface area contributed by atoms with Crippen molar-refractivity contribution in [2.45, 2.75) is 32.0 Å². The van der Waals surface area contributed by atoms with Crippen LogP contribution in [0.5, 0.6) is 0 Å². The summed E-state index contributed by atoms with van der Waals surface area (Å²) in [4.78, 5) is 3.42. The number of halogens is 3. The molecule has 112 valence electrons. The zero-order chi connectivity index (χ0) is 16.3. The average molecular weight is 296 g/mol. The molecule has 2 atom stereocenters. The number of aliphatic hydroxyl groups is 1. The normalized spacial score (nSPS) is 15.4. The number of pyridine rings is 1. The molecule has 2 unspecified atom stereocenters. The van der Waals surface area contributed by atoms with E-state index in [1.54, 1.807) is 24.3 Å². The van der Waals surface area contributed by atoms with Crippen LogP contribution in [0.3, 0.4) is 0 Å². The van der Waals surface area contributed by atoms with Crippen LogP contribution in [0, 0.1) is 0 Å². The molecule has 1 N–H and O–H groups in total. The van der Waals surface area contributed by atoms with Gasteiger partial charge in [-0.1, -0.05) is 43.7 Å². The van der Waals surface area contributed by atoms with E-state index in [0.717, 1.165) is 6.07 Å². The number of rotatable bonds is 4. The molecule has 0 saturated carbocycles. The van der Waals surface area contributed by atoms with E-state index in [-0.39, 0.29) is 0 Å². The number of hydrogen-bond acceptors (Lipinski definition) is 2. The van der Waals surface area contributed by atoms with Crippen LogP contribution in [0.25, 0.3) is 11.1 Å². The number of aromatic nitrogens is 1. The topological polar surface area (TPSA) is 33.1 Å². The maximum Gasteiger partial charge on any atom is 0.433 e. The molecular weight excluding hydrogens is 279 g/mol. The van der Waals surface area contributed by atoms with Crippen LogP contribution in [-0.4, -0.2) is 10.1 Å². The molecule has 21 heavy (non-hydrogen) atoms. The molecule has 0 spiro atoms. The molecule has 2 rings (SSSR count). The summed E-state index contributed by atoms with van der Waals surface area (Å²) in [5, 5.41) is 9.95. The van der Waals surface area contributed by atoms with E-state index in [9.17, 15) is 18.3 Å². The van der Waals surface area contributed by atoms with Gasteiger partial charge in [0.25, 0.3) is 0 Å². The molecule has 0 aliphatic carbocycles. The van der Waals surface area contributed by atoms with Crippen LogP contribution in [0.1, 0.15) is 38.5 Å². The Morgan fingerprint density at radius 1 is 1.14 bits per heavy atom. The number of hydrogen-bond donors (Lipinski definition) is 1. The molecule has 1 aromatic heterocycles. The maximum absolute atomic E-state index is 12.5. The monoisotopic (exact) mass is 296 g/mol. The van der Waals surface area contributed by atoms with Crippen molar-refractivity contribution in [3.63, 3.8) is 0 Å². The van der Waals surface area contributed by atoms with Crippen LogP contribution >= 0.6 is 0 Å². The molecule has 0 saturated heterocycles. The first-order valence-corrected chi connectivity index (χ1v) is 6.57. The highest BCUT2D eigenvalue weighted by atomic mass is 19.4. The molecule has 0 fully saturated rings. The fourth-order valence-corrected chi connectivity index (χ4v) is 1.96. The molecule has 5 heteroatoms. The summed E-state index contributed by atoms with van der Waals surface area (Å²) in [7, 11) is 0. The predicted molar refractivity (Wildman–Crippen MR) is 74.5 cm³/mol. The summed E-state index contributed by atoms with van der Waals surface area (Å²) < 4.78 is 45.1. The zero-order valence-corrected chi connectivity index (χ0v) is 11.4. The molecular formula is C16H16F3NO. The number of nitrogens with zero attached hydrogens (tertiary/aromatic N) is 1. The first kappa shape index (κ1) is 14.1. The van der Waals surface area contributed by atoms with Crippen molar-refractivity contribution in [2.75, 3.05) is 0 Å².